The van der Waals surface area contributed by atoms with E-state index in [2.05, 4.69) is 182 Å². The molecule has 0 bridgehead atoms. The molecule has 0 radical (unpaired) electrons. The SMILES string of the molecule is c1ccc(-c2ccccc2-c2nc(-c3ccc(-c4cc5c6ccccc6c6ccccc6c5c5ccccc45)cc3)nc(-c3cc4ccccc4s3)n2)cc1. The van der Waals surface area contributed by atoms with Crippen LogP contribution in [0.25, 0.3) is 109 Å². The molecular weight excluding hydrogens is 687 g/mol. The summed E-state index contributed by atoms with van der Waals surface area (Å²) in [5.74, 6) is 1.97. The number of rotatable bonds is 5. The molecule has 3 nitrogen and oxygen atoms in total. The van der Waals surface area contributed by atoms with Gasteiger partial charge in [-0.2, -0.15) is 0 Å². The summed E-state index contributed by atoms with van der Waals surface area (Å²) in [5.41, 5.74) is 6.46. The minimum absolute atomic E-state index is 0.646. The van der Waals surface area contributed by atoms with Gasteiger partial charge in [0.25, 0.3) is 0 Å². The third-order valence-electron chi connectivity index (χ3n) is 10.7. The maximum atomic E-state index is 5.18. The second-order valence-corrected chi connectivity index (χ2v) is 15.0. The number of hydrogen-bond donors (Lipinski definition) is 0. The molecule has 4 heteroatoms. The summed E-state index contributed by atoms with van der Waals surface area (Å²) in [5, 5.41) is 11.3. The van der Waals surface area contributed by atoms with E-state index in [4.69, 9.17) is 15.0 Å². The van der Waals surface area contributed by atoms with E-state index in [0.717, 1.165) is 32.7 Å². The van der Waals surface area contributed by atoms with Crippen LogP contribution >= 0.6 is 11.3 Å². The molecule has 0 aliphatic rings. The Kier molecular flexibility index (Phi) is 7.35. The molecule has 0 aliphatic carbocycles. The molecule has 0 fully saturated rings. The zero-order chi connectivity index (χ0) is 36.3. The number of fused-ring (bicyclic) bond motifs is 9. The molecule has 0 spiro atoms. The zero-order valence-corrected chi connectivity index (χ0v) is 30.5. The smallest absolute Gasteiger partial charge is 0.174 e. The highest BCUT2D eigenvalue weighted by Crippen LogP contribution is 2.43. The topological polar surface area (TPSA) is 38.7 Å². The van der Waals surface area contributed by atoms with E-state index >= 15 is 0 Å². The highest BCUT2D eigenvalue weighted by Gasteiger charge is 2.18. The zero-order valence-electron chi connectivity index (χ0n) is 29.6. The minimum atomic E-state index is 0.646. The van der Waals surface area contributed by atoms with Crippen molar-refractivity contribution in [2.75, 3.05) is 0 Å². The molecule has 55 heavy (non-hydrogen) atoms. The Labute approximate surface area is 321 Å². The lowest BCUT2D eigenvalue weighted by Gasteiger charge is -2.16. The molecule has 2 aromatic heterocycles. The van der Waals surface area contributed by atoms with Crippen molar-refractivity contribution in [1.29, 1.82) is 0 Å². The Morgan fingerprint density at radius 1 is 0.309 bits per heavy atom. The third kappa shape index (κ3) is 5.30. The molecular formula is C51H31N3S. The van der Waals surface area contributed by atoms with Gasteiger partial charge in [0.2, 0.25) is 0 Å². The van der Waals surface area contributed by atoms with Crippen LogP contribution in [0.1, 0.15) is 0 Å². The average Bonchev–Trinajstić information content (AvgIpc) is 3.71. The average molecular weight is 718 g/mol. The molecule has 0 unspecified atom stereocenters. The van der Waals surface area contributed by atoms with Crippen molar-refractivity contribution in [3.63, 3.8) is 0 Å². The van der Waals surface area contributed by atoms with Crippen LogP contribution in [0, 0.1) is 0 Å². The van der Waals surface area contributed by atoms with Crippen molar-refractivity contribution in [2.45, 2.75) is 0 Å². The van der Waals surface area contributed by atoms with Gasteiger partial charge in [-0.25, -0.2) is 15.0 Å². The van der Waals surface area contributed by atoms with Crippen LogP contribution in [0.4, 0.5) is 0 Å². The summed E-state index contributed by atoms with van der Waals surface area (Å²) < 4.78 is 1.21. The number of thiophene rings is 1. The van der Waals surface area contributed by atoms with Crippen LogP contribution < -0.4 is 0 Å². The van der Waals surface area contributed by atoms with Crippen LogP contribution in [-0.4, -0.2) is 15.0 Å². The molecule has 0 N–H and O–H groups in total. The third-order valence-corrected chi connectivity index (χ3v) is 11.8. The summed E-state index contributed by atoms with van der Waals surface area (Å²) in [6, 6.07) is 67.0. The van der Waals surface area contributed by atoms with Crippen molar-refractivity contribution in [1.82, 2.24) is 15.0 Å². The van der Waals surface area contributed by atoms with E-state index in [0.29, 0.717) is 17.5 Å². The Bertz CT molecular complexity index is 3220. The highest BCUT2D eigenvalue weighted by atomic mass is 32.1. The van der Waals surface area contributed by atoms with Crippen LogP contribution in [0.3, 0.4) is 0 Å². The number of nitrogens with zero attached hydrogens (tertiary/aromatic N) is 3. The van der Waals surface area contributed by atoms with Gasteiger partial charge in [-0.05, 0) is 88.9 Å². The quantitative estimate of drug-likeness (QED) is 0.166. The molecule has 0 saturated heterocycles. The van der Waals surface area contributed by atoms with Gasteiger partial charge in [0.15, 0.2) is 17.5 Å². The van der Waals surface area contributed by atoms with Crippen LogP contribution in [0.2, 0.25) is 0 Å². The van der Waals surface area contributed by atoms with Crippen molar-refractivity contribution in [2.24, 2.45) is 0 Å². The van der Waals surface area contributed by atoms with Crippen molar-refractivity contribution < 1.29 is 0 Å². The lowest BCUT2D eigenvalue weighted by Crippen LogP contribution is -2.00. The van der Waals surface area contributed by atoms with E-state index < -0.39 is 0 Å². The minimum Gasteiger partial charge on any atom is -0.208 e. The van der Waals surface area contributed by atoms with Gasteiger partial charge in [-0.3, -0.25) is 0 Å². The normalized spacial score (nSPS) is 11.6. The molecule has 2 heterocycles. The Hall–Kier alpha value is -7.01. The molecule has 9 aromatic carbocycles. The van der Waals surface area contributed by atoms with E-state index in [1.807, 2.05) is 6.07 Å². The summed E-state index contributed by atoms with van der Waals surface area (Å²) >= 11 is 1.71. The second-order valence-electron chi connectivity index (χ2n) is 13.9. The maximum absolute atomic E-state index is 5.18. The summed E-state index contributed by atoms with van der Waals surface area (Å²) in [6.45, 7) is 0. The summed E-state index contributed by atoms with van der Waals surface area (Å²) in [6.07, 6.45) is 0. The summed E-state index contributed by atoms with van der Waals surface area (Å²) in [7, 11) is 0. The van der Waals surface area contributed by atoms with Crippen LogP contribution in [-0.2, 0) is 0 Å². The fraction of sp³-hybridized carbons (Fsp3) is 0. The lowest BCUT2D eigenvalue weighted by atomic mass is 9.87. The molecule has 0 aliphatic heterocycles. The first-order valence-electron chi connectivity index (χ1n) is 18.5. The van der Waals surface area contributed by atoms with E-state index in [-0.39, 0.29) is 0 Å². The number of benzene rings is 9. The monoisotopic (exact) mass is 717 g/mol. The number of hydrogen-bond acceptors (Lipinski definition) is 4. The van der Waals surface area contributed by atoms with Crippen LogP contribution in [0.15, 0.2) is 188 Å². The lowest BCUT2D eigenvalue weighted by molar-refractivity contribution is 1.08. The highest BCUT2D eigenvalue weighted by molar-refractivity contribution is 7.22. The van der Waals surface area contributed by atoms with Gasteiger partial charge in [0.05, 0.1) is 4.88 Å². The largest absolute Gasteiger partial charge is 0.208 e. The summed E-state index contributed by atoms with van der Waals surface area (Å²) in [4.78, 5) is 16.5. The Morgan fingerprint density at radius 2 is 0.818 bits per heavy atom. The first kappa shape index (κ1) is 31.5. The molecule has 256 valence electrons. The van der Waals surface area contributed by atoms with E-state index in [9.17, 15) is 0 Å². The predicted octanol–water partition coefficient (Wildman–Crippen LogP) is 14.0. The van der Waals surface area contributed by atoms with Gasteiger partial charge in [-0.15, -0.1) is 11.3 Å². The van der Waals surface area contributed by atoms with Crippen molar-refractivity contribution >= 4 is 64.5 Å². The van der Waals surface area contributed by atoms with Gasteiger partial charge in [0.1, 0.15) is 0 Å². The molecule has 11 aromatic rings. The Morgan fingerprint density at radius 3 is 1.56 bits per heavy atom. The van der Waals surface area contributed by atoms with Gasteiger partial charge < -0.3 is 0 Å². The van der Waals surface area contributed by atoms with Gasteiger partial charge in [-0.1, -0.05) is 170 Å². The first-order valence-corrected chi connectivity index (χ1v) is 19.3. The van der Waals surface area contributed by atoms with Crippen molar-refractivity contribution in [3.8, 4) is 55.7 Å². The van der Waals surface area contributed by atoms with Crippen molar-refractivity contribution in [3.05, 3.63) is 188 Å². The molecule has 0 amide bonds. The van der Waals surface area contributed by atoms with E-state index in [1.165, 1.54) is 58.7 Å². The standard InChI is InChI=1S/C51H31N3S/c1-2-14-32(15-3-1)36-17-5-12-24-43(36)50-52-49(53-51(54-50)47-30-35-16-4-13-25-46(35)55-47)34-28-26-33(27-29-34)44-31-45-39-20-7-6-18-37(39)38-19-8-10-22-41(38)48(45)42-23-11-9-21-40(42)44/h1-31H. The molecule has 0 saturated carbocycles. The van der Waals surface area contributed by atoms with Gasteiger partial charge in [0, 0.05) is 15.8 Å². The predicted molar refractivity (Wildman–Crippen MR) is 232 cm³/mol. The fourth-order valence-electron chi connectivity index (χ4n) is 8.18. The van der Waals surface area contributed by atoms with Gasteiger partial charge >= 0.3 is 0 Å². The second kappa shape index (κ2) is 12.8. The molecule has 11 rings (SSSR count). The van der Waals surface area contributed by atoms with Crippen LogP contribution in [0.5, 0.6) is 0 Å². The first-order chi connectivity index (χ1) is 27.3. The fourth-order valence-corrected chi connectivity index (χ4v) is 9.18. The maximum Gasteiger partial charge on any atom is 0.174 e. The number of aromatic nitrogens is 3. The Balaban J connectivity index is 1.09. The van der Waals surface area contributed by atoms with E-state index in [1.54, 1.807) is 11.3 Å². The molecule has 0 atom stereocenters.